The van der Waals surface area contributed by atoms with Gasteiger partial charge >= 0.3 is 0 Å². The quantitative estimate of drug-likeness (QED) is 0.733. The summed E-state index contributed by atoms with van der Waals surface area (Å²) in [6, 6.07) is 7.99. The molecule has 1 amide bonds. The number of carbonyl (C=O) groups excluding carboxylic acids is 1. The molecule has 0 saturated carbocycles. The van der Waals surface area contributed by atoms with E-state index in [1.165, 1.54) is 12.5 Å². The second-order valence-corrected chi connectivity index (χ2v) is 6.01. The van der Waals surface area contributed by atoms with Crippen molar-refractivity contribution >= 4 is 17.2 Å². The summed E-state index contributed by atoms with van der Waals surface area (Å²) in [4.78, 5) is 15.1. The molecule has 0 aliphatic rings. The van der Waals surface area contributed by atoms with E-state index in [1.807, 2.05) is 36.6 Å². The molecule has 6 heteroatoms. The van der Waals surface area contributed by atoms with Gasteiger partial charge in [0.15, 0.2) is 0 Å². The van der Waals surface area contributed by atoms with Gasteiger partial charge in [-0.2, -0.15) is 0 Å². The molecule has 2 aromatic rings. The van der Waals surface area contributed by atoms with Crippen molar-refractivity contribution in [1.82, 2.24) is 15.6 Å². The van der Waals surface area contributed by atoms with Crippen LogP contribution in [0.1, 0.15) is 23.2 Å². The lowest BCUT2D eigenvalue weighted by molar-refractivity contribution is -0.118. The van der Waals surface area contributed by atoms with Gasteiger partial charge in [0.1, 0.15) is 12.4 Å². The molecule has 118 valence electrons. The Morgan fingerprint density at radius 2 is 2.05 bits per heavy atom. The van der Waals surface area contributed by atoms with Gasteiger partial charge in [0, 0.05) is 31.9 Å². The van der Waals surface area contributed by atoms with Gasteiger partial charge in [-0.15, -0.1) is 11.3 Å². The van der Waals surface area contributed by atoms with Crippen molar-refractivity contribution in [3.05, 3.63) is 45.9 Å². The zero-order chi connectivity index (χ0) is 15.8. The fourth-order valence-electron chi connectivity index (χ4n) is 1.89. The minimum absolute atomic E-state index is 0.00129. The fraction of sp³-hybridized carbons (Fsp3) is 0.375. The highest BCUT2D eigenvalue weighted by molar-refractivity contribution is 7.09. The molecule has 5 nitrogen and oxygen atoms in total. The zero-order valence-corrected chi connectivity index (χ0v) is 13.7. The molecule has 2 rings (SSSR count). The molecule has 0 saturated heterocycles. The minimum atomic E-state index is -0.00129. The number of aromatic nitrogens is 1. The summed E-state index contributed by atoms with van der Waals surface area (Å²) in [5, 5.41) is 9.09. The second kappa shape index (κ2) is 8.51. The summed E-state index contributed by atoms with van der Waals surface area (Å²) in [6.07, 6.45) is 0. The molecule has 0 aliphatic heterocycles. The van der Waals surface area contributed by atoms with E-state index in [2.05, 4.69) is 15.6 Å². The highest BCUT2D eigenvalue weighted by atomic mass is 32.1. The maximum atomic E-state index is 10.7. The van der Waals surface area contributed by atoms with Gasteiger partial charge in [0.2, 0.25) is 5.91 Å². The monoisotopic (exact) mass is 319 g/mol. The summed E-state index contributed by atoms with van der Waals surface area (Å²) in [5.74, 6) is 0.839. The van der Waals surface area contributed by atoms with Crippen LogP contribution in [0.25, 0.3) is 0 Å². The number of benzene rings is 1. The number of hydrogen-bond acceptors (Lipinski definition) is 5. The Morgan fingerprint density at radius 1 is 1.27 bits per heavy atom. The van der Waals surface area contributed by atoms with E-state index in [9.17, 15) is 4.79 Å². The van der Waals surface area contributed by atoms with Crippen LogP contribution in [-0.4, -0.2) is 24.0 Å². The third-order valence-corrected chi connectivity index (χ3v) is 3.80. The number of ether oxygens (including phenoxy) is 1. The van der Waals surface area contributed by atoms with Gasteiger partial charge < -0.3 is 15.4 Å². The van der Waals surface area contributed by atoms with E-state index < -0.39 is 0 Å². The molecule has 0 bridgehead atoms. The third-order valence-electron chi connectivity index (χ3n) is 2.98. The van der Waals surface area contributed by atoms with Crippen molar-refractivity contribution in [2.45, 2.75) is 27.0 Å². The normalized spacial score (nSPS) is 10.5. The molecular weight excluding hydrogens is 298 g/mol. The van der Waals surface area contributed by atoms with Crippen LogP contribution in [0, 0.1) is 6.92 Å². The summed E-state index contributed by atoms with van der Waals surface area (Å²) in [6.45, 7) is 6.17. The summed E-state index contributed by atoms with van der Waals surface area (Å²) < 4.78 is 5.71. The predicted molar refractivity (Wildman–Crippen MR) is 88.0 cm³/mol. The average molecular weight is 319 g/mol. The van der Waals surface area contributed by atoms with Crippen LogP contribution in [0.3, 0.4) is 0 Å². The van der Waals surface area contributed by atoms with Crippen LogP contribution >= 0.6 is 11.3 Å². The first-order valence-electron chi connectivity index (χ1n) is 7.21. The lowest BCUT2D eigenvalue weighted by atomic mass is 10.2. The Kier molecular flexibility index (Phi) is 6.36. The molecule has 0 aliphatic carbocycles. The van der Waals surface area contributed by atoms with Crippen molar-refractivity contribution in [2.75, 3.05) is 13.1 Å². The zero-order valence-electron chi connectivity index (χ0n) is 12.9. The number of amides is 1. The van der Waals surface area contributed by atoms with Crippen molar-refractivity contribution in [3.8, 4) is 5.75 Å². The van der Waals surface area contributed by atoms with Crippen molar-refractivity contribution < 1.29 is 9.53 Å². The largest absolute Gasteiger partial charge is 0.487 e. The molecule has 0 atom stereocenters. The first-order chi connectivity index (χ1) is 10.6. The Balaban J connectivity index is 1.69. The molecule has 0 fully saturated rings. The van der Waals surface area contributed by atoms with Crippen molar-refractivity contribution in [2.24, 2.45) is 0 Å². The lowest BCUT2D eigenvalue weighted by Crippen LogP contribution is -2.29. The van der Waals surface area contributed by atoms with Gasteiger partial charge in [-0.1, -0.05) is 12.1 Å². The van der Waals surface area contributed by atoms with E-state index in [-0.39, 0.29) is 5.91 Å². The highest BCUT2D eigenvalue weighted by Gasteiger charge is 2.00. The molecule has 1 aromatic heterocycles. The Labute approximate surface area is 134 Å². The second-order valence-electron chi connectivity index (χ2n) is 4.95. The Morgan fingerprint density at radius 3 is 2.68 bits per heavy atom. The predicted octanol–water partition coefficient (Wildman–Crippen LogP) is 2.26. The number of hydrogen-bond donors (Lipinski definition) is 2. The number of carbonyl (C=O) groups is 1. The van der Waals surface area contributed by atoms with E-state index in [4.69, 9.17) is 4.74 Å². The van der Waals surface area contributed by atoms with Crippen LogP contribution in [0.15, 0.2) is 29.6 Å². The van der Waals surface area contributed by atoms with E-state index >= 15 is 0 Å². The number of rotatable bonds is 8. The average Bonchev–Trinajstić information content (AvgIpc) is 2.91. The SMILES string of the molecule is CC(=O)NCCNCc1ccc(OCc2csc(C)n2)cc1. The Bertz CT molecular complexity index is 596. The van der Waals surface area contributed by atoms with Gasteiger partial charge in [0.05, 0.1) is 10.7 Å². The molecule has 1 heterocycles. The lowest BCUT2D eigenvalue weighted by Gasteiger charge is -2.07. The van der Waals surface area contributed by atoms with Crippen LogP contribution < -0.4 is 15.4 Å². The van der Waals surface area contributed by atoms with Crippen LogP contribution in [-0.2, 0) is 17.9 Å². The van der Waals surface area contributed by atoms with E-state index in [0.717, 1.165) is 29.5 Å². The standard InChI is InChI=1S/C16H21N3O2S/c1-12(20)18-8-7-17-9-14-3-5-16(6-4-14)21-10-15-11-22-13(2)19-15/h3-6,11,17H,7-10H2,1-2H3,(H,18,20). The molecule has 0 radical (unpaired) electrons. The molecule has 0 unspecified atom stereocenters. The van der Waals surface area contributed by atoms with Crippen molar-refractivity contribution in [1.29, 1.82) is 0 Å². The number of aryl methyl sites for hydroxylation is 1. The summed E-state index contributed by atoms with van der Waals surface area (Å²) in [7, 11) is 0. The van der Waals surface area contributed by atoms with Crippen LogP contribution in [0.4, 0.5) is 0 Å². The third kappa shape index (κ3) is 5.83. The molecule has 1 aromatic carbocycles. The highest BCUT2D eigenvalue weighted by Crippen LogP contribution is 2.15. The molecule has 22 heavy (non-hydrogen) atoms. The maximum absolute atomic E-state index is 10.7. The number of nitrogens with zero attached hydrogens (tertiary/aromatic N) is 1. The van der Waals surface area contributed by atoms with Gasteiger partial charge in [-0.25, -0.2) is 4.98 Å². The number of nitrogens with one attached hydrogen (secondary N) is 2. The summed E-state index contributed by atoms with van der Waals surface area (Å²) in [5.41, 5.74) is 2.14. The molecule has 0 spiro atoms. The van der Waals surface area contributed by atoms with Gasteiger partial charge in [0.25, 0.3) is 0 Å². The smallest absolute Gasteiger partial charge is 0.216 e. The Hall–Kier alpha value is -1.92. The fourth-order valence-corrected chi connectivity index (χ4v) is 2.49. The van der Waals surface area contributed by atoms with Crippen LogP contribution in [0.5, 0.6) is 5.75 Å². The molecular formula is C16H21N3O2S. The number of thiazole rings is 1. The molecule has 2 N–H and O–H groups in total. The van der Waals surface area contributed by atoms with E-state index in [0.29, 0.717) is 13.2 Å². The summed E-state index contributed by atoms with van der Waals surface area (Å²) >= 11 is 1.63. The van der Waals surface area contributed by atoms with E-state index in [1.54, 1.807) is 11.3 Å². The van der Waals surface area contributed by atoms with Crippen molar-refractivity contribution in [3.63, 3.8) is 0 Å². The first-order valence-corrected chi connectivity index (χ1v) is 8.09. The van der Waals surface area contributed by atoms with Gasteiger partial charge in [-0.05, 0) is 24.6 Å². The minimum Gasteiger partial charge on any atom is -0.487 e. The van der Waals surface area contributed by atoms with Crippen LogP contribution in [0.2, 0.25) is 0 Å². The first kappa shape index (κ1) is 16.5. The van der Waals surface area contributed by atoms with Gasteiger partial charge in [-0.3, -0.25) is 4.79 Å². The topological polar surface area (TPSA) is 63.2 Å². The maximum Gasteiger partial charge on any atom is 0.216 e.